The Hall–Kier alpha value is -0.570. The zero-order valence-electron chi connectivity index (χ0n) is 18.3. The van der Waals surface area contributed by atoms with Crippen LogP contribution < -0.4 is 0 Å². The molecule has 3 heteroatoms. The normalized spacial score (nSPS) is 16.7. The van der Waals surface area contributed by atoms with Gasteiger partial charge in [0, 0.05) is 6.42 Å². The molecule has 1 unspecified atom stereocenters. The minimum Gasteiger partial charge on any atom is -0.459 e. The largest absolute Gasteiger partial charge is 0.459 e. The third-order valence-electron chi connectivity index (χ3n) is 4.60. The molecule has 0 rings (SSSR count). The summed E-state index contributed by atoms with van der Waals surface area (Å²) >= 11 is 0. The summed E-state index contributed by atoms with van der Waals surface area (Å²) in [4.78, 5) is 13.1. The Bertz CT molecular complexity index is 416. The van der Waals surface area contributed by atoms with Crippen LogP contribution in [-0.2, 0) is 14.3 Å². The van der Waals surface area contributed by atoms with Crippen LogP contribution in [0.5, 0.6) is 0 Å². The van der Waals surface area contributed by atoms with E-state index in [1.807, 2.05) is 41.5 Å². The molecule has 0 fully saturated rings. The van der Waals surface area contributed by atoms with Gasteiger partial charge in [-0.1, -0.05) is 41.5 Å². The topological polar surface area (TPSA) is 35.5 Å². The molecule has 0 aromatic carbocycles. The fourth-order valence-corrected chi connectivity index (χ4v) is 2.72. The first-order valence-corrected chi connectivity index (χ1v) is 9.17. The highest BCUT2D eigenvalue weighted by Crippen LogP contribution is 2.48. The molecule has 144 valence electrons. The van der Waals surface area contributed by atoms with Crippen molar-refractivity contribution >= 4 is 5.97 Å². The van der Waals surface area contributed by atoms with Gasteiger partial charge in [0.15, 0.2) is 0 Å². The average Bonchev–Trinajstić information content (AvgIpc) is 2.21. The number of esters is 1. The molecule has 1 atom stereocenters. The Morgan fingerprint density at radius 1 is 0.792 bits per heavy atom. The van der Waals surface area contributed by atoms with Crippen LogP contribution >= 0.6 is 0 Å². The molecule has 0 aromatic rings. The molecule has 0 heterocycles. The summed E-state index contributed by atoms with van der Waals surface area (Å²) in [6, 6.07) is 0. The highest BCUT2D eigenvalue weighted by atomic mass is 16.6. The van der Waals surface area contributed by atoms with Crippen LogP contribution in [0.2, 0.25) is 0 Å². The summed E-state index contributed by atoms with van der Waals surface area (Å²) in [5, 5.41) is 0. The zero-order chi connectivity index (χ0) is 19.6. The van der Waals surface area contributed by atoms with Crippen molar-refractivity contribution in [2.45, 2.75) is 107 Å². The molecule has 0 aliphatic carbocycles. The van der Waals surface area contributed by atoms with Crippen LogP contribution in [0.4, 0.5) is 0 Å². The number of hydrogen-bond acceptors (Lipinski definition) is 3. The van der Waals surface area contributed by atoms with Crippen LogP contribution in [0, 0.1) is 16.2 Å². The second-order valence-corrected chi connectivity index (χ2v) is 11.2. The lowest BCUT2D eigenvalue weighted by Gasteiger charge is -2.45. The van der Waals surface area contributed by atoms with E-state index in [4.69, 9.17) is 9.47 Å². The van der Waals surface area contributed by atoms with Gasteiger partial charge >= 0.3 is 5.97 Å². The van der Waals surface area contributed by atoms with E-state index in [9.17, 15) is 4.79 Å². The quantitative estimate of drug-likeness (QED) is 0.555. The molecule has 0 bridgehead atoms. The lowest BCUT2D eigenvalue weighted by atomic mass is 9.61. The van der Waals surface area contributed by atoms with Crippen molar-refractivity contribution in [1.29, 1.82) is 0 Å². The highest BCUT2D eigenvalue weighted by molar-refractivity contribution is 5.78. The van der Waals surface area contributed by atoms with Gasteiger partial charge in [-0.15, -0.1) is 0 Å². The van der Waals surface area contributed by atoms with E-state index in [1.54, 1.807) is 0 Å². The third-order valence-corrected chi connectivity index (χ3v) is 4.60. The summed E-state index contributed by atoms with van der Waals surface area (Å²) in [5.41, 5.74) is -1.36. The Balaban J connectivity index is 5.12. The number of ether oxygens (including phenoxy) is 2. The second kappa shape index (κ2) is 7.35. The SMILES string of the molecule is CC(C)(C)CC(C)(C(=O)OC(C)(C)CCOC(C)(C)C)C(C)(C)C. The Morgan fingerprint density at radius 2 is 1.25 bits per heavy atom. The standard InChI is InChI=1S/C21H42O3/c1-17(2,3)15-21(12,18(4,5)6)16(22)24-20(10,11)13-14-23-19(7,8)9/h13-15H2,1-12H3. The first kappa shape index (κ1) is 23.4. The van der Waals surface area contributed by atoms with Crippen molar-refractivity contribution in [2.24, 2.45) is 16.2 Å². The van der Waals surface area contributed by atoms with Gasteiger partial charge in [-0.25, -0.2) is 0 Å². The van der Waals surface area contributed by atoms with Crippen molar-refractivity contribution in [3.63, 3.8) is 0 Å². The molecular formula is C21H42O3. The monoisotopic (exact) mass is 342 g/mol. The summed E-state index contributed by atoms with van der Waals surface area (Å²) in [7, 11) is 0. The van der Waals surface area contributed by atoms with Crippen molar-refractivity contribution in [3.05, 3.63) is 0 Å². The fourth-order valence-electron chi connectivity index (χ4n) is 2.72. The first-order valence-electron chi connectivity index (χ1n) is 9.17. The fraction of sp³-hybridized carbons (Fsp3) is 0.952. The van der Waals surface area contributed by atoms with Gasteiger partial charge in [0.05, 0.1) is 17.6 Å². The molecule has 0 spiro atoms. The van der Waals surface area contributed by atoms with Crippen molar-refractivity contribution in [1.82, 2.24) is 0 Å². The summed E-state index contributed by atoms with van der Waals surface area (Å²) in [6.07, 6.45) is 1.47. The molecular weight excluding hydrogens is 300 g/mol. The van der Waals surface area contributed by atoms with Crippen LogP contribution in [0.25, 0.3) is 0 Å². The number of rotatable bonds is 6. The predicted octanol–water partition coefficient (Wildman–Crippen LogP) is 6.00. The lowest BCUT2D eigenvalue weighted by Crippen LogP contribution is -2.47. The van der Waals surface area contributed by atoms with E-state index in [2.05, 4.69) is 41.5 Å². The van der Waals surface area contributed by atoms with E-state index < -0.39 is 11.0 Å². The number of carbonyl (C=O) groups excluding carboxylic acids is 1. The van der Waals surface area contributed by atoms with E-state index >= 15 is 0 Å². The van der Waals surface area contributed by atoms with Gasteiger partial charge in [0.1, 0.15) is 5.60 Å². The van der Waals surface area contributed by atoms with E-state index in [0.717, 1.165) is 6.42 Å². The molecule has 0 saturated carbocycles. The smallest absolute Gasteiger partial charge is 0.312 e. The highest BCUT2D eigenvalue weighted by Gasteiger charge is 2.49. The average molecular weight is 343 g/mol. The summed E-state index contributed by atoms with van der Waals surface area (Å²) < 4.78 is 11.8. The minimum atomic E-state index is -0.535. The molecule has 0 saturated heterocycles. The molecule has 0 aromatic heterocycles. The Morgan fingerprint density at radius 3 is 1.58 bits per heavy atom. The molecule has 24 heavy (non-hydrogen) atoms. The maximum atomic E-state index is 13.1. The molecule has 3 nitrogen and oxygen atoms in total. The number of carbonyl (C=O) groups is 1. The molecule has 0 aliphatic heterocycles. The van der Waals surface area contributed by atoms with E-state index in [1.165, 1.54) is 0 Å². The third kappa shape index (κ3) is 8.00. The zero-order valence-corrected chi connectivity index (χ0v) is 18.3. The second-order valence-electron chi connectivity index (χ2n) is 11.2. The van der Waals surface area contributed by atoms with Crippen molar-refractivity contribution < 1.29 is 14.3 Å². The Kier molecular flexibility index (Phi) is 7.18. The van der Waals surface area contributed by atoms with Crippen LogP contribution in [0.3, 0.4) is 0 Å². The van der Waals surface area contributed by atoms with Crippen molar-refractivity contribution in [2.75, 3.05) is 6.61 Å². The van der Waals surface area contributed by atoms with Gasteiger partial charge in [-0.05, 0) is 58.8 Å². The predicted molar refractivity (Wildman–Crippen MR) is 102 cm³/mol. The molecule has 0 aliphatic rings. The summed E-state index contributed by atoms with van der Waals surface area (Å²) in [5.74, 6) is -0.106. The molecule has 0 N–H and O–H groups in total. The van der Waals surface area contributed by atoms with Gasteiger partial charge in [-0.3, -0.25) is 4.79 Å². The lowest BCUT2D eigenvalue weighted by molar-refractivity contribution is -0.180. The Labute approximate surface area is 150 Å². The number of hydrogen-bond donors (Lipinski definition) is 0. The van der Waals surface area contributed by atoms with E-state index in [0.29, 0.717) is 13.0 Å². The van der Waals surface area contributed by atoms with Crippen LogP contribution in [0.15, 0.2) is 0 Å². The van der Waals surface area contributed by atoms with Crippen LogP contribution in [0.1, 0.15) is 95.9 Å². The van der Waals surface area contributed by atoms with Crippen LogP contribution in [-0.4, -0.2) is 23.8 Å². The van der Waals surface area contributed by atoms with E-state index in [-0.39, 0.29) is 22.4 Å². The maximum Gasteiger partial charge on any atom is 0.312 e. The maximum absolute atomic E-state index is 13.1. The molecule has 0 radical (unpaired) electrons. The van der Waals surface area contributed by atoms with Crippen molar-refractivity contribution in [3.8, 4) is 0 Å². The van der Waals surface area contributed by atoms with Gasteiger partial charge in [0.25, 0.3) is 0 Å². The molecule has 0 amide bonds. The van der Waals surface area contributed by atoms with Gasteiger partial charge in [0.2, 0.25) is 0 Å². The first-order chi connectivity index (χ1) is 10.3. The van der Waals surface area contributed by atoms with Gasteiger partial charge in [-0.2, -0.15) is 0 Å². The minimum absolute atomic E-state index is 0.0561. The van der Waals surface area contributed by atoms with Gasteiger partial charge < -0.3 is 9.47 Å². The summed E-state index contributed by atoms with van der Waals surface area (Å²) in [6.45, 7) is 25.5.